The van der Waals surface area contributed by atoms with Crippen LogP contribution >= 0.6 is 0 Å². The number of likely N-dealkylation sites (tertiary alicyclic amines) is 1. The van der Waals surface area contributed by atoms with Crippen molar-refractivity contribution in [3.63, 3.8) is 0 Å². The standard InChI is InChI=1S/C27H35N5O2/c1-19(2)17-32-20(3)14-22(21(32)4)15-23(16-28)27(34)30-25-10-12-31(13-11-25)18-26(33)29-24-8-6-5-7-9-24/h5-9,14-15,19,25H,10-13,17-18H2,1-4H3,(H,29,33)(H,30,34)/b23-15+. The van der Waals surface area contributed by atoms with Crippen LogP contribution in [0, 0.1) is 31.1 Å². The molecule has 2 aromatic rings. The zero-order chi connectivity index (χ0) is 24.7. The molecule has 180 valence electrons. The Balaban J connectivity index is 1.53. The number of para-hydroxylation sites is 1. The van der Waals surface area contributed by atoms with E-state index >= 15 is 0 Å². The summed E-state index contributed by atoms with van der Waals surface area (Å²) in [5.41, 5.74) is 4.00. The van der Waals surface area contributed by atoms with Crippen molar-refractivity contribution < 1.29 is 9.59 Å². The molecule has 3 rings (SSSR count). The Bertz CT molecular complexity index is 1070. The van der Waals surface area contributed by atoms with Crippen LogP contribution in [-0.4, -0.2) is 47.0 Å². The first-order valence-electron chi connectivity index (χ1n) is 11.9. The van der Waals surface area contributed by atoms with E-state index in [9.17, 15) is 14.9 Å². The van der Waals surface area contributed by atoms with Gasteiger partial charge in [0.1, 0.15) is 11.6 Å². The van der Waals surface area contributed by atoms with E-state index in [2.05, 4.69) is 40.0 Å². The van der Waals surface area contributed by atoms with Crippen molar-refractivity contribution in [2.45, 2.75) is 53.1 Å². The molecule has 0 bridgehead atoms. The summed E-state index contributed by atoms with van der Waals surface area (Å²) < 4.78 is 2.23. The maximum absolute atomic E-state index is 12.8. The third-order valence-corrected chi connectivity index (χ3v) is 6.17. The van der Waals surface area contributed by atoms with Crippen molar-refractivity contribution in [3.05, 3.63) is 58.9 Å². The van der Waals surface area contributed by atoms with Crippen molar-refractivity contribution in [2.75, 3.05) is 25.0 Å². The Morgan fingerprint density at radius 2 is 1.85 bits per heavy atom. The van der Waals surface area contributed by atoms with Gasteiger partial charge in [-0.1, -0.05) is 32.0 Å². The van der Waals surface area contributed by atoms with Crippen molar-refractivity contribution in [2.24, 2.45) is 5.92 Å². The Labute approximate surface area is 202 Å². The lowest BCUT2D eigenvalue weighted by Gasteiger charge is -2.31. The largest absolute Gasteiger partial charge is 0.349 e. The van der Waals surface area contributed by atoms with Crippen LogP contribution < -0.4 is 10.6 Å². The number of carbonyl (C=O) groups is 2. The van der Waals surface area contributed by atoms with Gasteiger partial charge in [0.25, 0.3) is 5.91 Å². The minimum Gasteiger partial charge on any atom is -0.349 e. The normalized spacial score (nSPS) is 15.2. The third kappa shape index (κ3) is 6.82. The van der Waals surface area contributed by atoms with E-state index in [1.807, 2.05) is 50.2 Å². The minimum absolute atomic E-state index is 0.00828. The maximum Gasteiger partial charge on any atom is 0.262 e. The molecule has 2 amide bonds. The number of nitrogens with one attached hydrogen (secondary N) is 2. The van der Waals surface area contributed by atoms with Gasteiger partial charge in [0.05, 0.1) is 6.54 Å². The minimum atomic E-state index is -0.337. The van der Waals surface area contributed by atoms with Crippen LogP contribution in [0.4, 0.5) is 5.69 Å². The van der Waals surface area contributed by atoms with Crippen LogP contribution in [0.15, 0.2) is 42.0 Å². The highest BCUT2D eigenvalue weighted by molar-refractivity contribution is 6.02. The summed E-state index contributed by atoms with van der Waals surface area (Å²) in [5, 5.41) is 15.5. The maximum atomic E-state index is 12.8. The first kappa shape index (κ1) is 25.3. The highest BCUT2D eigenvalue weighted by Gasteiger charge is 2.23. The second kappa shape index (κ2) is 11.7. The third-order valence-electron chi connectivity index (χ3n) is 6.17. The van der Waals surface area contributed by atoms with Gasteiger partial charge in [-0.2, -0.15) is 5.26 Å². The molecule has 1 aromatic heterocycles. The number of benzene rings is 1. The quantitative estimate of drug-likeness (QED) is 0.461. The summed E-state index contributed by atoms with van der Waals surface area (Å²) in [6.45, 7) is 11.1. The number of rotatable bonds is 8. The molecule has 34 heavy (non-hydrogen) atoms. The molecule has 0 aliphatic carbocycles. The zero-order valence-electron chi connectivity index (χ0n) is 20.6. The molecule has 1 aliphatic heterocycles. The SMILES string of the molecule is Cc1cc(/C=C(\C#N)C(=O)NC2CCN(CC(=O)Nc3ccccc3)CC2)c(C)n1CC(C)C. The van der Waals surface area contributed by atoms with Crippen molar-refractivity contribution in [1.29, 1.82) is 5.26 Å². The monoisotopic (exact) mass is 461 g/mol. The summed E-state index contributed by atoms with van der Waals surface area (Å²) in [5.74, 6) is 0.130. The summed E-state index contributed by atoms with van der Waals surface area (Å²) in [6.07, 6.45) is 3.18. The predicted octanol–water partition coefficient (Wildman–Crippen LogP) is 3.89. The number of amides is 2. The number of piperidine rings is 1. The number of aryl methyl sites for hydroxylation is 1. The molecule has 1 fully saturated rings. The molecule has 7 nitrogen and oxygen atoms in total. The van der Waals surface area contributed by atoms with Crippen LogP contribution in [-0.2, 0) is 16.1 Å². The molecular weight excluding hydrogens is 426 g/mol. The van der Waals surface area contributed by atoms with E-state index in [1.165, 1.54) is 0 Å². The lowest BCUT2D eigenvalue weighted by atomic mass is 10.0. The Morgan fingerprint density at radius 3 is 2.47 bits per heavy atom. The van der Waals surface area contributed by atoms with E-state index in [0.29, 0.717) is 12.5 Å². The van der Waals surface area contributed by atoms with E-state index < -0.39 is 0 Å². The molecule has 2 heterocycles. The van der Waals surface area contributed by atoms with Gasteiger partial charge in [0.2, 0.25) is 5.91 Å². The number of hydrogen-bond acceptors (Lipinski definition) is 4. The van der Waals surface area contributed by atoms with Gasteiger partial charge in [-0.05, 0) is 62.4 Å². The number of carbonyl (C=O) groups excluding carboxylic acids is 2. The summed E-state index contributed by atoms with van der Waals surface area (Å²) >= 11 is 0. The van der Waals surface area contributed by atoms with Gasteiger partial charge >= 0.3 is 0 Å². The van der Waals surface area contributed by atoms with Gasteiger partial charge in [-0.25, -0.2) is 0 Å². The number of anilines is 1. The second-order valence-electron chi connectivity index (χ2n) is 9.44. The van der Waals surface area contributed by atoms with E-state index in [4.69, 9.17) is 0 Å². The van der Waals surface area contributed by atoms with Gasteiger partial charge < -0.3 is 15.2 Å². The van der Waals surface area contributed by atoms with Crippen LogP contribution in [0.1, 0.15) is 43.6 Å². The fourth-order valence-corrected chi connectivity index (χ4v) is 4.35. The molecule has 1 aliphatic rings. The van der Waals surface area contributed by atoms with Gasteiger partial charge in [-0.3, -0.25) is 14.5 Å². The Hall–Kier alpha value is -3.37. The van der Waals surface area contributed by atoms with E-state index in [0.717, 1.165) is 55.1 Å². The smallest absolute Gasteiger partial charge is 0.262 e. The molecule has 0 saturated carbocycles. The van der Waals surface area contributed by atoms with Crippen LogP contribution in [0.3, 0.4) is 0 Å². The molecule has 1 aromatic carbocycles. The number of nitrogens with zero attached hydrogens (tertiary/aromatic N) is 3. The van der Waals surface area contributed by atoms with Gasteiger partial charge in [0, 0.05) is 42.8 Å². The van der Waals surface area contributed by atoms with E-state index in [1.54, 1.807) is 6.08 Å². The first-order valence-corrected chi connectivity index (χ1v) is 11.9. The lowest BCUT2D eigenvalue weighted by Crippen LogP contribution is -2.46. The van der Waals surface area contributed by atoms with Crippen LogP contribution in [0.5, 0.6) is 0 Å². The average molecular weight is 462 g/mol. The molecule has 7 heteroatoms. The predicted molar refractivity (Wildman–Crippen MR) is 135 cm³/mol. The van der Waals surface area contributed by atoms with Crippen LogP contribution in [0.2, 0.25) is 0 Å². The molecular formula is C27H35N5O2. The van der Waals surface area contributed by atoms with Crippen molar-refractivity contribution in [3.8, 4) is 6.07 Å². The zero-order valence-corrected chi connectivity index (χ0v) is 20.6. The summed E-state index contributed by atoms with van der Waals surface area (Å²) in [4.78, 5) is 27.2. The Morgan fingerprint density at radius 1 is 1.18 bits per heavy atom. The molecule has 0 radical (unpaired) electrons. The van der Waals surface area contributed by atoms with Crippen molar-refractivity contribution >= 4 is 23.6 Å². The van der Waals surface area contributed by atoms with Crippen LogP contribution in [0.25, 0.3) is 6.08 Å². The molecule has 0 unspecified atom stereocenters. The fraction of sp³-hybridized carbons (Fsp3) is 0.444. The first-order chi connectivity index (χ1) is 16.3. The number of nitriles is 1. The summed E-state index contributed by atoms with van der Waals surface area (Å²) in [7, 11) is 0. The Kier molecular flexibility index (Phi) is 8.67. The van der Waals surface area contributed by atoms with Gasteiger partial charge in [0.15, 0.2) is 0 Å². The van der Waals surface area contributed by atoms with Crippen molar-refractivity contribution in [1.82, 2.24) is 14.8 Å². The number of hydrogen-bond donors (Lipinski definition) is 2. The average Bonchev–Trinajstić information content (AvgIpc) is 3.06. The molecule has 0 spiro atoms. The lowest BCUT2D eigenvalue weighted by molar-refractivity contribution is -0.119. The topological polar surface area (TPSA) is 90.2 Å². The molecule has 0 atom stereocenters. The molecule has 1 saturated heterocycles. The highest BCUT2D eigenvalue weighted by atomic mass is 16.2. The second-order valence-corrected chi connectivity index (χ2v) is 9.44. The highest BCUT2D eigenvalue weighted by Crippen LogP contribution is 2.20. The van der Waals surface area contributed by atoms with E-state index in [-0.39, 0.29) is 23.4 Å². The van der Waals surface area contributed by atoms with Gasteiger partial charge in [-0.15, -0.1) is 0 Å². The summed E-state index contributed by atoms with van der Waals surface area (Å²) in [6, 6.07) is 13.5. The molecule has 2 N–H and O–H groups in total. The number of aromatic nitrogens is 1. The fourth-order valence-electron chi connectivity index (χ4n) is 4.35.